The zero-order chi connectivity index (χ0) is 15.2. The molecule has 0 fully saturated rings. The maximum atomic E-state index is 9.19. The Morgan fingerprint density at radius 3 is 2.57 bits per heavy atom. The molecule has 0 amide bonds. The van der Waals surface area contributed by atoms with E-state index >= 15 is 0 Å². The maximum absolute atomic E-state index is 9.19. The highest BCUT2D eigenvalue weighted by molar-refractivity contribution is 5.47. The predicted octanol–water partition coefficient (Wildman–Crippen LogP) is 2.67. The Kier molecular flexibility index (Phi) is 5.31. The van der Waals surface area contributed by atoms with Crippen LogP contribution in [0.5, 0.6) is 0 Å². The Bertz CT molecular complexity index is 587. The highest BCUT2D eigenvalue weighted by Gasteiger charge is 2.09. The van der Waals surface area contributed by atoms with Gasteiger partial charge in [-0.05, 0) is 25.1 Å². The lowest BCUT2D eigenvalue weighted by molar-refractivity contribution is 0.276. The van der Waals surface area contributed by atoms with Crippen LogP contribution in [0.3, 0.4) is 0 Å². The molecule has 1 N–H and O–H groups in total. The molecule has 2 aromatic rings. The van der Waals surface area contributed by atoms with Crippen LogP contribution in [0, 0.1) is 0 Å². The molecule has 0 unspecified atom stereocenters. The molecule has 0 aliphatic carbocycles. The second-order valence-corrected chi connectivity index (χ2v) is 5.21. The Balaban J connectivity index is 2.01. The molecule has 0 saturated carbocycles. The lowest BCUT2D eigenvalue weighted by Crippen LogP contribution is -2.20. The minimum atomic E-state index is -0.00721. The summed E-state index contributed by atoms with van der Waals surface area (Å²) >= 11 is 0. The summed E-state index contributed by atoms with van der Waals surface area (Å²) in [5.41, 5.74) is 3.13. The van der Waals surface area contributed by atoms with E-state index in [0.717, 1.165) is 36.7 Å². The van der Waals surface area contributed by atoms with Crippen molar-refractivity contribution >= 4 is 6.08 Å². The molecule has 1 aromatic heterocycles. The van der Waals surface area contributed by atoms with Gasteiger partial charge in [0.2, 0.25) is 0 Å². The van der Waals surface area contributed by atoms with Crippen molar-refractivity contribution in [1.82, 2.24) is 14.5 Å². The van der Waals surface area contributed by atoms with Crippen molar-refractivity contribution < 1.29 is 5.11 Å². The number of rotatable bonds is 7. The highest BCUT2D eigenvalue weighted by Crippen LogP contribution is 2.11. The van der Waals surface area contributed by atoms with Gasteiger partial charge in [0.15, 0.2) is 0 Å². The highest BCUT2D eigenvalue weighted by atomic mass is 16.3. The first-order valence-electron chi connectivity index (χ1n) is 7.22. The van der Waals surface area contributed by atoms with Gasteiger partial charge in [0.05, 0.1) is 18.8 Å². The maximum Gasteiger partial charge on any atom is 0.123 e. The average molecular weight is 285 g/mol. The van der Waals surface area contributed by atoms with Gasteiger partial charge in [-0.3, -0.25) is 4.90 Å². The molecule has 4 heteroatoms. The SMILES string of the molecule is C=Cc1ccc(CN(C)Cc2nc(CO)cn2CC)cc1. The van der Waals surface area contributed by atoms with Crippen molar-refractivity contribution in [1.29, 1.82) is 0 Å². The van der Waals surface area contributed by atoms with E-state index in [0.29, 0.717) is 0 Å². The quantitative estimate of drug-likeness (QED) is 0.850. The van der Waals surface area contributed by atoms with E-state index < -0.39 is 0 Å². The Hall–Kier alpha value is -1.91. The molecule has 0 aliphatic heterocycles. The van der Waals surface area contributed by atoms with Crippen LogP contribution in [0.1, 0.15) is 29.6 Å². The number of aliphatic hydroxyl groups excluding tert-OH is 1. The molecule has 1 heterocycles. The Labute approximate surface area is 126 Å². The zero-order valence-electron chi connectivity index (χ0n) is 12.8. The van der Waals surface area contributed by atoms with E-state index in [1.54, 1.807) is 0 Å². The van der Waals surface area contributed by atoms with Crippen molar-refractivity contribution in [3.8, 4) is 0 Å². The van der Waals surface area contributed by atoms with Gasteiger partial charge >= 0.3 is 0 Å². The fourth-order valence-corrected chi connectivity index (χ4v) is 2.36. The minimum Gasteiger partial charge on any atom is -0.390 e. The summed E-state index contributed by atoms with van der Waals surface area (Å²) in [6.45, 7) is 8.33. The van der Waals surface area contributed by atoms with Crippen molar-refractivity contribution in [3.63, 3.8) is 0 Å². The largest absolute Gasteiger partial charge is 0.390 e. The molecule has 1 aromatic carbocycles. The Morgan fingerprint density at radius 1 is 1.29 bits per heavy atom. The van der Waals surface area contributed by atoms with Gasteiger partial charge in [-0.1, -0.05) is 36.9 Å². The molecule has 0 bridgehead atoms. The first-order chi connectivity index (χ1) is 10.2. The van der Waals surface area contributed by atoms with E-state index in [2.05, 4.69) is 59.3 Å². The molecule has 112 valence electrons. The smallest absolute Gasteiger partial charge is 0.123 e. The molecule has 0 spiro atoms. The van der Waals surface area contributed by atoms with Crippen LogP contribution in [0.2, 0.25) is 0 Å². The number of aromatic nitrogens is 2. The molecule has 0 radical (unpaired) electrons. The molecular formula is C17H23N3O. The number of hydrogen-bond donors (Lipinski definition) is 1. The summed E-state index contributed by atoms with van der Waals surface area (Å²) in [4.78, 5) is 6.69. The van der Waals surface area contributed by atoms with Gasteiger partial charge in [0, 0.05) is 19.3 Å². The normalized spacial score (nSPS) is 11.0. The molecule has 0 aliphatic rings. The van der Waals surface area contributed by atoms with Crippen LogP contribution in [0.4, 0.5) is 0 Å². The average Bonchev–Trinajstić information content (AvgIpc) is 2.90. The Morgan fingerprint density at radius 2 is 2.00 bits per heavy atom. The van der Waals surface area contributed by atoms with E-state index in [4.69, 9.17) is 0 Å². The van der Waals surface area contributed by atoms with E-state index in [9.17, 15) is 5.11 Å². The van der Waals surface area contributed by atoms with Gasteiger partial charge in [0.1, 0.15) is 5.82 Å². The molecule has 21 heavy (non-hydrogen) atoms. The molecule has 4 nitrogen and oxygen atoms in total. The van der Waals surface area contributed by atoms with Gasteiger partial charge < -0.3 is 9.67 Å². The number of nitrogens with zero attached hydrogens (tertiary/aromatic N) is 3. The summed E-state index contributed by atoms with van der Waals surface area (Å²) in [6, 6.07) is 8.40. The number of imidazole rings is 1. The first kappa shape index (κ1) is 15.5. The number of aryl methyl sites for hydroxylation is 1. The van der Waals surface area contributed by atoms with Crippen molar-refractivity contribution in [2.24, 2.45) is 0 Å². The summed E-state index contributed by atoms with van der Waals surface area (Å²) in [6.07, 6.45) is 3.77. The first-order valence-corrected chi connectivity index (χ1v) is 7.22. The van der Waals surface area contributed by atoms with Crippen LogP contribution in [-0.4, -0.2) is 26.6 Å². The van der Waals surface area contributed by atoms with Crippen LogP contribution < -0.4 is 0 Å². The lowest BCUT2D eigenvalue weighted by atomic mass is 10.1. The number of benzene rings is 1. The fourth-order valence-electron chi connectivity index (χ4n) is 2.36. The van der Waals surface area contributed by atoms with Crippen LogP contribution in [0.15, 0.2) is 37.0 Å². The summed E-state index contributed by atoms with van der Waals surface area (Å²) in [7, 11) is 2.08. The third kappa shape index (κ3) is 4.03. The summed E-state index contributed by atoms with van der Waals surface area (Å²) < 4.78 is 2.09. The third-order valence-electron chi connectivity index (χ3n) is 3.49. The predicted molar refractivity (Wildman–Crippen MR) is 85.5 cm³/mol. The molecule has 0 saturated heterocycles. The second kappa shape index (κ2) is 7.20. The van der Waals surface area contributed by atoms with E-state index in [1.807, 2.05) is 12.3 Å². The zero-order valence-corrected chi connectivity index (χ0v) is 12.8. The summed E-state index contributed by atoms with van der Waals surface area (Å²) in [5, 5.41) is 9.19. The van der Waals surface area contributed by atoms with Crippen LogP contribution in [0.25, 0.3) is 6.08 Å². The van der Waals surface area contributed by atoms with E-state index in [-0.39, 0.29) is 6.61 Å². The molecular weight excluding hydrogens is 262 g/mol. The van der Waals surface area contributed by atoms with Crippen molar-refractivity contribution in [3.05, 3.63) is 59.7 Å². The van der Waals surface area contributed by atoms with Gasteiger partial charge in [-0.15, -0.1) is 0 Å². The van der Waals surface area contributed by atoms with Crippen LogP contribution in [-0.2, 0) is 26.2 Å². The van der Waals surface area contributed by atoms with Crippen LogP contribution >= 0.6 is 0 Å². The third-order valence-corrected chi connectivity index (χ3v) is 3.49. The van der Waals surface area contributed by atoms with Gasteiger partial charge in [0.25, 0.3) is 0 Å². The topological polar surface area (TPSA) is 41.3 Å². The number of aliphatic hydroxyl groups is 1. The van der Waals surface area contributed by atoms with Gasteiger partial charge in [-0.25, -0.2) is 4.98 Å². The van der Waals surface area contributed by atoms with Crippen molar-refractivity contribution in [2.45, 2.75) is 33.2 Å². The number of hydrogen-bond acceptors (Lipinski definition) is 3. The fraction of sp³-hybridized carbons (Fsp3) is 0.353. The summed E-state index contributed by atoms with van der Waals surface area (Å²) in [5.74, 6) is 0.992. The second-order valence-electron chi connectivity index (χ2n) is 5.21. The van der Waals surface area contributed by atoms with Crippen molar-refractivity contribution in [2.75, 3.05) is 7.05 Å². The molecule has 2 rings (SSSR count). The van der Waals surface area contributed by atoms with E-state index in [1.165, 1.54) is 5.56 Å². The molecule has 0 atom stereocenters. The van der Waals surface area contributed by atoms with Gasteiger partial charge in [-0.2, -0.15) is 0 Å². The minimum absolute atomic E-state index is 0.00721. The lowest BCUT2D eigenvalue weighted by Gasteiger charge is -2.17. The standard InChI is InChI=1S/C17H23N3O/c1-4-14-6-8-15(9-7-14)10-19(3)12-17-18-16(13-21)11-20(17)5-2/h4,6-9,11,21H,1,5,10,12-13H2,2-3H3. The monoisotopic (exact) mass is 285 g/mol.